The van der Waals surface area contributed by atoms with E-state index in [1.54, 1.807) is 30.6 Å². The third kappa shape index (κ3) is 2.80. The maximum Gasteiger partial charge on any atom is 0.372 e. The van der Waals surface area contributed by atoms with Gasteiger partial charge in [-0.15, -0.1) is 0 Å². The largest absolute Gasteiger partial charge is 0.372 e. The van der Waals surface area contributed by atoms with Crippen LogP contribution >= 0.6 is 0 Å². The number of fused-ring (bicyclic) bond motifs is 1. The zero-order valence-electron chi connectivity index (χ0n) is 11.6. The fourth-order valence-electron chi connectivity index (χ4n) is 2.11. The van der Waals surface area contributed by atoms with E-state index >= 15 is 0 Å². The van der Waals surface area contributed by atoms with E-state index in [-0.39, 0.29) is 11.6 Å². The molecule has 0 saturated carbocycles. The van der Waals surface area contributed by atoms with E-state index in [1.807, 2.05) is 18.2 Å². The van der Waals surface area contributed by atoms with Gasteiger partial charge in [-0.3, -0.25) is 0 Å². The van der Waals surface area contributed by atoms with Crippen LogP contribution in [-0.4, -0.2) is 32.4 Å². The summed E-state index contributed by atoms with van der Waals surface area (Å²) in [5.41, 5.74) is 0.536. The predicted molar refractivity (Wildman–Crippen MR) is 83.1 cm³/mol. The molecule has 0 atom stereocenters. The summed E-state index contributed by atoms with van der Waals surface area (Å²) in [7, 11) is 0. The van der Waals surface area contributed by atoms with Crippen molar-refractivity contribution in [2.75, 3.05) is 23.7 Å². The van der Waals surface area contributed by atoms with E-state index in [4.69, 9.17) is 0 Å². The Morgan fingerprint density at radius 3 is 2.73 bits per heavy atom. The Kier molecular flexibility index (Phi) is 3.82. The molecule has 0 aliphatic rings. The van der Waals surface area contributed by atoms with Crippen molar-refractivity contribution >= 4 is 23.1 Å². The van der Waals surface area contributed by atoms with Gasteiger partial charge in [-0.05, 0) is 23.1 Å². The molecule has 0 fully saturated rings. The number of aromatic nitrogens is 3. The van der Waals surface area contributed by atoms with Crippen LogP contribution in [0.25, 0.3) is 5.65 Å². The first-order valence-electron chi connectivity index (χ1n) is 6.76. The lowest BCUT2D eigenvalue weighted by atomic mass is 10.4. The van der Waals surface area contributed by atoms with Gasteiger partial charge in [0, 0.05) is 25.4 Å². The van der Waals surface area contributed by atoms with Gasteiger partial charge in [0.25, 0.3) is 0 Å². The minimum absolute atomic E-state index is 0.0616. The lowest BCUT2D eigenvalue weighted by Crippen LogP contribution is -2.15. The summed E-state index contributed by atoms with van der Waals surface area (Å²) in [6.07, 6.45) is 3.32. The molecule has 3 aromatic heterocycles. The maximum atomic E-state index is 11.2. The van der Waals surface area contributed by atoms with Crippen LogP contribution in [0.15, 0.2) is 48.8 Å². The Balaban J connectivity index is 1.68. The van der Waals surface area contributed by atoms with Gasteiger partial charge in [-0.1, -0.05) is 12.1 Å². The number of pyridine rings is 2. The molecular formula is C14H14N6O2. The van der Waals surface area contributed by atoms with E-state index < -0.39 is 4.92 Å². The maximum absolute atomic E-state index is 11.2. The van der Waals surface area contributed by atoms with Crippen LogP contribution in [0.4, 0.5) is 17.5 Å². The van der Waals surface area contributed by atoms with Crippen molar-refractivity contribution in [2.45, 2.75) is 0 Å². The van der Waals surface area contributed by atoms with Gasteiger partial charge < -0.3 is 20.7 Å². The van der Waals surface area contributed by atoms with Crippen LogP contribution < -0.4 is 10.6 Å². The molecule has 3 rings (SSSR count). The Morgan fingerprint density at radius 1 is 1.14 bits per heavy atom. The summed E-state index contributed by atoms with van der Waals surface area (Å²) in [5, 5.41) is 17.3. The average molecular weight is 298 g/mol. The minimum atomic E-state index is -0.436. The third-order valence-electron chi connectivity index (χ3n) is 3.07. The van der Waals surface area contributed by atoms with E-state index in [2.05, 4.69) is 20.6 Å². The van der Waals surface area contributed by atoms with E-state index in [1.165, 1.54) is 4.40 Å². The van der Waals surface area contributed by atoms with Crippen molar-refractivity contribution in [1.82, 2.24) is 14.4 Å². The second-order valence-electron chi connectivity index (χ2n) is 4.54. The molecule has 8 heteroatoms. The molecule has 0 bridgehead atoms. The molecule has 22 heavy (non-hydrogen) atoms. The highest BCUT2D eigenvalue weighted by Gasteiger charge is 2.21. The summed E-state index contributed by atoms with van der Waals surface area (Å²) in [4.78, 5) is 19.2. The molecule has 3 heterocycles. The summed E-state index contributed by atoms with van der Waals surface area (Å²) < 4.78 is 1.45. The predicted octanol–water partition coefficient (Wildman–Crippen LogP) is 2.16. The molecule has 2 N–H and O–H groups in total. The topological polar surface area (TPSA) is 97.4 Å². The van der Waals surface area contributed by atoms with Crippen LogP contribution in [0.1, 0.15) is 0 Å². The average Bonchev–Trinajstić information content (AvgIpc) is 2.91. The zero-order chi connectivity index (χ0) is 15.4. The van der Waals surface area contributed by atoms with Gasteiger partial charge in [0.05, 0.1) is 6.20 Å². The van der Waals surface area contributed by atoms with Gasteiger partial charge in [0.15, 0.2) is 0 Å². The number of imidazole rings is 1. The SMILES string of the molecule is O=[N+]([O-])c1c(NCCNc2ccccn2)nc2ccccn12. The van der Waals surface area contributed by atoms with Crippen LogP contribution in [0, 0.1) is 10.1 Å². The van der Waals surface area contributed by atoms with Gasteiger partial charge >= 0.3 is 5.82 Å². The molecule has 0 radical (unpaired) electrons. The Morgan fingerprint density at radius 2 is 1.95 bits per heavy atom. The number of nitrogens with zero attached hydrogens (tertiary/aromatic N) is 4. The highest BCUT2D eigenvalue weighted by Crippen LogP contribution is 2.24. The molecule has 0 aliphatic heterocycles. The molecule has 8 nitrogen and oxygen atoms in total. The number of rotatable bonds is 6. The number of nitrogens with one attached hydrogen (secondary N) is 2. The number of anilines is 2. The Bertz CT molecular complexity index is 786. The molecule has 3 aromatic rings. The van der Waals surface area contributed by atoms with Crippen molar-refractivity contribution in [3.63, 3.8) is 0 Å². The van der Waals surface area contributed by atoms with Crippen LogP contribution in [-0.2, 0) is 0 Å². The lowest BCUT2D eigenvalue weighted by Gasteiger charge is -2.06. The first-order valence-corrected chi connectivity index (χ1v) is 6.76. The second-order valence-corrected chi connectivity index (χ2v) is 4.54. The summed E-state index contributed by atoms with van der Waals surface area (Å²) in [6, 6.07) is 10.8. The van der Waals surface area contributed by atoms with Crippen LogP contribution in [0.3, 0.4) is 0 Å². The highest BCUT2D eigenvalue weighted by atomic mass is 16.6. The molecular weight excluding hydrogens is 284 g/mol. The lowest BCUT2D eigenvalue weighted by molar-refractivity contribution is -0.389. The molecule has 0 saturated heterocycles. The van der Waals surface area contributed by atoms with Crippen molar-refractivity contribution in [2.24, 2.45) is 0 Å². The fraction of sp³-hybridized carbons (Fsp3) is 0.143. The van der Waals surface area contributed by atoms with E-state index in [9.17, 15) is 10.1 Å². The first kappa shape index (κ1) is 13.8. The highest BCUT2D eigenvalue weighted by molar-refractivity contribution is 5.62. The van der Waals surface area contributed by atoms with Crippen LogP contribution in [0.2, 0.25) is 0 Å². The number of hydrogen-bond acceptors (Lipinski definition) is 6. The minimum Gasteiger partial charge on any atom is -0.368 e. The van der Waals surface area contributed by atoms with Gasteiger partial charge in [-0.25, -0.2) is 4.98 Å². The van der Waals surface area contributed by atoms with Crippen LogP contribution in [0.5, 0.6) is 0 Å². The van der Waals surface area contributed by atoms with Gasteiger partial charge in [-0.2, -0.15) is 9.38 Å². The molecule has 0 aromatic carbocycles. The van der Waals surface area contributed by atoms with Crippen molar-refractivity contribution in [1.29, 1.82) is 0 Å². The second kappa shape index (κ2) is 6.08. The molecule has 0 aliphatic carbocycles. The number of hydrogen-bond donors (Lipinski definition) is 2. The third-order valence-corrected chi connectivity index (χ3v) is 3.07. The van der Waals surface area contributed by atoms with Crippen molar-refractivity contribution in [3.8, 4) is 0 Å². The summed E-state index contributed by atoms with van der Waals surface area (Å²) >= 11 is 0. The zero-order valence-corrected chi connectivity index (χ0v) is 11.6. The summed E-state index contributed by atoms with van der Waals surface area (Å²) in [6.45, 7) is 1.06. The van der Waals surface area contributed by atoms with Gasteiger partial charge in [0.1, 0.15) is 5.82 Å². The molecule has 0 amide bonds. The molecule has 112 valence electrons. The summed E-state index contributed by atoms with van der Waals surface area (Å²) in [5.74, 6) is 0.959. The molecule has 0 unspecified atom stereocenters. The fourth-order valence-corrected chi connectivity index (χ4v) is 2.11. The molecule has 0 spiro atoms. The standard InChI is InChI=1S/C14H14N6O2/c21-20(22)14-13(18-12-6-2-4-10-19(12)14)17-9-8-16-11-5-1-3-7-15-11/h1-7,10,17H,8-9H2,(H,15,16). The van der Waals surface area contributed by atoms with E-state index in [0.717, 1.165) is 5.82 Å². The quantitative estimate of drug-likeness (QED) is 0.411. The van der Waals surface area contributed by atoms with Crippen molar-refractivity contribution < 1.29 is 4.92 Å². The Labute approximate surface area is 126 Å². The smallest absolute Gasteiger partial charge is 0.368 e. The first-order chi connectivity index (χ1) is 10.8. The number of nitro groups is 1. The normalized spacial score (nSPS) is 10.5. The monoisotopic (exact) mass is 298 g/mol. The Hall–Kier alpha value is -3.16. The van der Waals surface area contributed by atoms with E-state index in [0.29, 0.717) is 18.7 Å². The van der Waals surface area contributed by atoms with Gasteiger partial charge in [0.2, 0.25) is 11.5 Å². The van der Waals surface area contributed by atoms with Crippen molar-refractivity contribution in [3.05, 3.63) is 58.9 Å².